The van der Waals surface area contributed by atoms with Gasteiger partial charge in [0.05, 0.1) is 5.56 Å². The van der Waals surface area contributed by atoms with E-state index in [1.807, 2.05) is 0 Å². The number of hydrogen-bond acceptors (Lipinski definition) is 3. The summed E-state index contributed by atoms with van der Waals surface area (Å²) in [6.45, 7) is 0. The lowest BCUT2D eigenvalue weighted by molar-refractivity contribution is -0.141. The first-order valence-corrected chi connectivity index (χ1v) is 11.4. The lowest BCUT2D eigenvalue weighted by Gasteiger charge is -2.17. The maximum absolute atomic E-state index is 13.2. The summed E-state index contributed by atoms with van der Waals surface area (Å²) < 4.78 is 39.5. The molecule has 3 aromatic rings. The fraction of sp³-hybridized carbons (Fsp3) is 0.115. The highest BCUT2D eigenvalue weighted by Crippen LogP contribution is 2.30. The highest BCUT2D eigenvalue weighted by Gasteiger charge is 2.30. The third-order valence-electron chi connectivity index (χ3n) is 5.08. The van der Waals surface area contributed by atoms with E-state index < -0.39 is 41.3 Å². The summed E-state index contributed by atoms with van der Waals surface area (Å²) in [7, 11) is 0. The minimum absolute atomic E-state index is 0.0408. The first-order chi connectivity index (χ1) is 17.4. The van der Waals surface area contributed by atoms with Gasteiger partial charge in [0.25, 0.3) is 11.8 Å². The molecule has 3 aromatic carbocycles. The van der Waals surface area contributed by atoms with Gasteiger partial charge in [-0.3, -0.25) is 9.59 Å². The fourth-order valence-electron chi connectivity index (χ4n) is 3.22. The first kappa shape index (κ1) is 27.8. The van der Waals surface area contributed by atoms with E-state index in [9.17, 15) is 32.7 Å². The van der Waals surface area contributed by atoms with Crippen molar-refractivity contribution in [3.63, 3.8) is 0 Å². The fourth-order valence-corrected chi connectivity index (χ4v) is 3.47. The van der Waals surface area contributed by atoms with Gasteiger partial charge in [-0.25, -0.2) is 4.79 Å². The Morgan fingerprint density at radius 3 is 2.08 bits per heavy atom. The molecule has 0 radical (unpaired) electrons. The normalized spacial score (nSPS) is 12.5. The Labute approximate surface area is 219 Å². The number of carbonyl (C=O) groups excluding carboxylic acids is 2. The molecule has 6 nitrogen and oxygen atoms in total. The van der Waals surface area contributed by atoms with Gasteiger partial charge in [0, 0.05) is 22.0 Å². The van der Waals surface area contributed by atoms with Crippen molar-refractivity contribution in [2.24, 2.45) is 0 Å². The molecule has 3 rings (SSSR count). The molecular formula is C26H19Cl2F3N2O4. The van der Waals surface area contributed by atoms with Crippen LogP contribution in [0, 0.1) is 0 Å². The van der Waals surface area contributed by atoms with Crippen LogP contribution in [0.25, 0.3) is 6.08 Å². The zero-order valence-corrected chi connectivity index (χ0v) is 20.4. The molecule has 0 aliphatic carbocycles. The van der Waals surface area contributed by atoms with Gasteiger partial charge in [0.1, 0.15) is 11.7 Å². The van der Waals surface area contributed by atoms with Crippen molar-refractivity contribution in [1.82, 2.24) is 10.6 Å². The van der Waals surface area contributed by atoms with Crippen molar-refractivity contribution in [1.29, 1.82) is 0 Å². The summed E-state index contributed by atoms with van der Waals surface area (Å²) >= 11 is 11.7. The number of carbonyl (C=O) groups is 3. The third-order valence-corrected chi connectivity index (χ3v) is 5.58. The van der Waals surface area contributed by atoms with E-state index in [1.165, 1.54) is 30.3 Å². The number of alkyl halides is 3. The van der Waals surface area contributed by atoms with Gasteiger partial charge >= 0.3 is 12.1 Å². The predicted octanol–water partition coefficient (Wildman–Crippen LogP) is 5.60. The minimum atomic E-state index is -4.63. The molecule has 0 bridgehead atoms. The Kier molecular flexibility index (Phi) is 8.96. The minimum Gasteiger partial charge on any atom is -0.480 e. The van der Waals surface area contributed by atoms with E-state index in [2.05, 4.69) is 10.6 Å². The summed E-state index contributed by atoms with van der Waals surface area (Å²) in [4.78, 5) is 37.7. The third kappa shape index (κ3) is 8.09. The van der Waals surface area contributed by atoms with Gasteiger partial charge < -0.3 is 15.7 Å². The Morgan fingerprint density at radius 2 is 1.51 bits per heavy atom. The topological polar surface area (TPSA) is 95.5 Å². The van der Waals surface area contributed by atoms with Gasteiger partial charge in [-0.15, -0.1) is 0 Å². The van der Waals surface area contributed by atoms with Crippen LogP contribution in [-0.2, 0) is 22.2 Å². The molecule has 0 aliphatic rings. The standard InChI is InChI=1S/C26H19Cl2F3N2O4/c27-19-8-4-15(5-9-19)13-22(25(36)37)33-24(35)21(32-23(34)17-6-10-20(28)11-7-17)14-16-2-1-3-18(12-16)26(29,30)31/h1-12,14,22H,13H2,(H,32,34)(H,33,35)(H,36,37)/b21-14-/t22-/m1/s1. The van der Waals surface area contributed by atoms with Crippen molar-refractivity contribution in [2.75, 3.05) is 0 Å². The van der Waals surface area contributed by atoms with Crippen LogP contribution in [0.15, 0.2) is 78.5 Å². The number of rotatable bonds is 8. The van der Waals surface area contributed by atoms with E-state index in [0.29, 0.717) is 15.6 Å². The summed E-state index contributed by atoms with van der Waals surface area (Å²) in [5.74, 6) is -3.12. The highest BCUT2D eigenvalue weighted by atomic mass is 35.5. The molecule has 0 spiro atoms. The Hall–Kier alpha value is -3.82. The van der Waals surface area contributed by atoms with Crippen LogP contribution in [-0.4, -0.2) is 28.9 Å². The van der Waals surface area contributed by atoms with Gasteiger partial charge in [0.15, 0.2) is 0 Å². The molecule has 0 saturated heterocycles. The molecular weight excluding hydrogens is 532 g/mol. The Morgan fingerprint density at radius 1 is 0.919 bits per heavy atom. The summed E-state index contributed by atoms with van der Waals surface area (Å²) in [6, 6.07) is 14.6. The van der Waals surface area contributed by atoms with Gasteiger partial charge in [0.2, 0.25) is 0 Å². The van der Waals surface area contributed by atoms with E-state index in [1.54, 1.807) is 24.3 Å². The quantitative estimate of drug-likeness (QED) is 0.318. The molecule has 37 heavy (non-hydrogen) atoms. The second kappa shape index (κ2) is 11.9. The van der Waals surface area contributed by atoms with Gasteiger partial charge in [-0.2, -0.15) is 13.2 Å². The van der Waals surface area contributed by atoms with Crippen LogP contribution in [0.3, 0.4) is 0 Å². The zero-order valence-electron chi connectivity index (χ0n) is 18.9. The molecule has 0 saturated carbocycles. The van der Waals surface area contributed by atoms with Crippen molar-refractivity contribution in [3.05, 3.63) is 111 Å². The molecule has 0 heterocycles. The number of nitrogens with one attached hydrogen (secondary N) is 2. The van der Waals surface area contributed by atoms with E-state index in [0.717, 1.165) is 24.3 Å². The molecule has 0 aromatic heterocycles. The monoisotopic (exact) mass is 550 g/mol. The highest BCUT2D eigenvalue weighted by molar-refractivity contribution is 6.30. The number of aliphatic carboxylic acids is 1. The maximum atomic E-state index is 13.2. The SMILES string of the molecule is O=C(N[C@H](Cc1ccc(Cl)cc1)C(=O)O)/C(=C/c1cccc(C(F)(F)F)c1)NC(=O)c1ccc(Cl)cc1. The number of carboxylic acid groups (broad SMARTS) is 1. The van der Waals surface area contributed by atoms with Crippen LogP contribution in [0.4, 0.5) is 13.2 Å². The Balaban J connectivity index is 1.92. The maximum Gasteiger partial charge on any atom is 0.416 e. The molecule has 192 valence electrons. The predicted molar refractivity (Wildman–Crippen MR) is 133 cm³/mol. The summed E-state index contributed by atoms with van der Waals surface area (Å²) in [5.41, 5.74) is -0.785. The molecule has 0 fully saturated rings. The molecule has 0 aliphatic heterocycles. The number of benzene rings is 3. The van der Waals surface area contributed by atoms with Crippen LogP contribution in [0.1, 0.15) is 27.0 Å². The van der Waals surface area contributed by atoms with Crippen molar-refractivity contribution >= 4 is 47.1 Å². The summed E-state index contributed by atoms with van der Waals surface area (Å²) in [6.07, 6.45) is -3.72. The van der Waals surface area contributed by atoms with Crippen LogP contribution in [0.5, 0.6) is 0 Å². The van der Waals surface area contributed by atoms with Gasteiger partial charge in [-0.1, -0.05) is 47.5 Å². The number of amides is 2. The van der Waals surface area contributed by atoms with E-state index in [-0.39, 0.29) is 17.5 Å². The number of hydrogen-bond donors (Lipinski definition) is 3. The van der Waals surface area contributed by atoms with Crippen molar-refractivity contribution in [3.8, 4) is 0 Å². The number of carboxylic acids is 1. The van der Waals surface area contributed by atoms with Crippen LogP contribution < -0.4 is 10.6 Å². The smallest absolute Gasteiger partial charge is 0.416 e. The average molecular weight is 551 g/mol. The number of halogens is 5. The van der Waals surface area contributed by atoms with E-state index >= 15 is 0 Å². The molecule has 2 amide bonds. The molecule has 3 N–H and O–H groups in total. The average Bonchev–Trinajstić information content (AvgIpc) is 2.84. The summed E-state index contributed by atoms with van der Waals surface area (Å²) in [5, 5.41) is 15.1. The lowest BCUT2D eigenvalue weighted by Crippen LogP contribution is -2.45. The van der Waals surface area contributed by atoms with Crippen LogP contribution >= 0.6 is 23.2 Å². The second-order valence-electron chi connectivity index (χ2n) is 7.84. The van der Waals surface area contributed by atoms with Crippen molar-refractivity contribution < 1.29 is 32.7 Å². The molecule has 1 atom stereocenters. The lowest BCUT2D eigenvalue weighted by atomic mass is 10.1. The first-order valence-electron chi connectivity index (χ1n) is 10.7. The molecule has 0 unspecified atom stereocenters. The zero-order chi connectivity index (χ0) is 27.2. The Bertz CT molecular complexity index is 1320. The van der Waals surface area contributed by atoms with E-state index in [4.69, 9.17) is 23.2 Å². The second-order valence-corrected chi connectivity index (χ2v) is 8.71. The van der Waals surface area contributed by atoms with Gasteiger partial charge in [-0.05, 0) is 65.7 Å². The molecule has 11 heteroatoms. The van der Waals surface area contributed by atoms with Crippen LogP contribution in [0.2, 0.25) is 10.0 Å². The largest absolute Gasteiger partial charge is 0.480 e. The van der Waals surface area contributed by atoms with Crippen molar-refractivity contribution in [2.45, 2.75) is 18.6 Å².